The van der Waals surface area contributed by atoms with Crippen molar-refractivity contribution < 1.29 is 19.1 Å². The van der Waals surface area contributed by atoms with E-state index in [1.807, 2.05) is 25.1 Å². The first-order chi connectivity index (χ1) is 12.5. The van der Waals surface area contributed by atoms with Crippen LogP contribution in [0, 0.1) is 0 Å². The van der Waals surface area contributed by atoms with Gasteiger partial charge < -0.3 is 14.8 Å². The van der Waals surface area contributed by atoms with Crippen LogP contribution in [0.4, 0.5) is 5.69 Å². The molecule has 2 aromatic carbocycles. The van der Waals surface area contributed by atoms with Crippen LogP contribution in [0.2, 0.25) is 0 Å². The van der Waals surface area contributed by atoms with Crippen molar-refractivity contribution in [1.82, 2.24) is 0 Å². The van der Waals surface area contributed by atoms with Crippen LogP contribution in [-0.4, -0.2) is 25.1 Å². The van der Waals surface area contributed by atoms with Crippen molar-refractivity contribution in [3.63, 3.8) is 0 Å². The Morgan fingerprint density at radius 2 is 1.81 bits per heavy atom. The van der Waals surface area contributed by atoms with Crippen molar-refractivity contribution in [1.29, 1.82) is 0 Å². The summed E-state index contributed by atoms with van der Waals surface area (Å²) in [4.78, 5) is 23.7. The third kappa shape index (κ3) is 5.74. The van der Waals surface area contributed by atoms with Gasteiger partial charge in [-0.3, -0.25) is 4.79 Å². The first kappa shape index (κ1) is 19.7. The van der Waals surface area contributed by atoms with Crippen LogP contribution in [0.5, 0.6) is 5.75 Å². The van der Waals surface area contributed by atoms with Crippen LogP contribution >= 0.6 is 15.9 Å². The van der Waals surface area contributed by atoms with Crippen molar-refractivity contribution in [3.8, 4) is 5.75 Å². The van der Waals surface area contributed by atoms with E-state index in [4.69, 9.17) is 9.47 Å². The van der Waals surface area contributed by atoms with Gasteiger partial charge in [-0.2, -0.15) is 0 Å². The third-order valence-electron chi connectivity index (χ3n) is 3.35. The number of nitrogens with one attached hydrogen (secondary N) is 1. The van der Waals surface area contributed by atoms with Crippen molar-refractivity contribution in [3.05, 3.63) is 64.1 Å². The van der Waals surface area contributed by atoms with Gasteiger partial charge in [0.1, 0.15) is 5.75 Å². The molecule has 1 amide bonds. The summed E-state index contributed by atoms with van der Waals surface area (Å²) in [6.45, 7) is 4.52. The summed E-state index contributed by atoms with van der Waals surface area (Å²) in [5, 5.41) is 2.75. The molecule has 0 spiro atoms. The lowest BCUT2D eigenvalue weighted by Gasteiger charge is -2.07. The Kier molecular flexibility index (Phi) is 7.41. The molecule has 0 radical (unpaired) electrons. The van der Waals surface area contributed by atoms with Gasteiger partial charge >= 0.3 is 5.97 Å². The summed E-state index contributed by atoms with van der Waals surface area (Å²) in [6.07, 6.45) is 3.13. The normalized spacial score (nSPS) is 10.6. The molecule has 136 valence electrons. The summed E-state index contributed by atoms with van der Waals surface area (Å²) in [5.74, 6) is 0.0400. The number of hydrogen-bond acceptors (Lipinski definition) is 4. The second-order valence-corrected chi connectivity index (χ2v) is 6.15. The van der Waals surface area contributed by atoms with E-state index in [1.165, 1.54) is 6.08 Å². The zero-order chi connectivity index (χ0) is 18.9. The van der Waals surface area contributed by atoms with Gasteiger partial charge in [-0.05, 0) is 62.4 Å². The number of ether oxygens (including phenoxy) is 2. The molecule has 0 aliphatic rings. The first-order valence-corrected chi connectivity index (χ1v) is 9.01. The van der Waals surface area contributed by atoms with Crippen LogP contribution in [0.3, 0.4) is 0 Å². The summed E-state index contributed by atoms with van der Waals surface area (Å²) in [7, 11) is 0. The van der Waals surface area contributed by atoms with Crippen LogP contribution in [-0.2, 0) is 9.53 Å². The van der Waals surface area contributed by atoms with E-state index in [1.54, 1.807) is 37.3 Å². The highest BCUT2D eigenvalue weighted by Gasteiger charge is 2.07. The van der Waals surface area contributed by atoms with Crippen molar-refractivity contribution in [2.24, 2.45) is 0 Å². The summed E-state index contributed by atoms with van der Waals surface area (Å²) in [5.41, 5.74) is 1.83. The van der Waals surface area contributed by atoms with E-state index in [-0.39, 0.29) is 11.9 Å². The highest BCUT2D eigenvalue weighted by atomic mass is 79.9. The number of carbonyl (C=O) groups is 2. The fourth-order valence-electron chi connectivity index (χ4n) is 2.19. The number of halogens is 1. The fourth-order valence-corrected chi connectivity index (χ4v) is 2.57. The number of hydrogen-bond donors (Lipinski definition) is 1. The molecule has 0 atom stereocenters. The molecule has 0 unspecified atom stereocenters. The van der Waals surface area contributed by atoms with Crippen LogP contribution in [0.15, 0.2) is 53.0 Å². The molecule has 0 bridgehead atoms. The summed E-state index contributed by atoms with van der Waals surface area (Å²) >= 11 is 3.41. The molecule has 2 rings (SSSR count). The molecular formula is C20H20BrNO4. The minimum Gasteiger partial charge on any atom is -0.493 e. The van der Waals surface area contributed by atoms with Crippen molar-refractivity contribution in [2.45, 2.75) is 13.8 Å². The number of esters is 1. The van der Waals surface area contributed by atoms with Crippen LogP contribution in [0.1, 0.15) is 29.8 Å². The van der Waals surface area contributed by atoms with Gasteiger partial charge in [-0.15, -0.1) is 0 Å². The number of anilines is 1. The molecule has 0 heterocycles. The number of amides is 1. The molecule has 0 aliphatic heterocycles. The Balaban J connectivity index is 2.03. The average Bonchev–Trinajstić information content (AvgIpc) is 2.63. The standard InChI is InChI=1S/C20H20BrNO4/c1-3-25-18-11-8-16(21)13-15(18)7-12-19(23)22-17-9-5-14(6-10-17)20(24)26-4-2/h5-13H,3-4H2,1-2H3,(H,22,23). The van der Waals surface area contributed by atoms with Gasteiger partial charge in [0.05, 0.1) is 18.8 Å². The average molecular weight is 418 g/mol. The lowest BCUT2D eigenvalue weighted by atomic mass is 10.2. The Labute approximate surface area is 161 Å². The van der Waals surface area contributed by atoms with Crippen molar-refractivity contribution >= 4 is 39.6 Å². The maximum absolute atomic E-state index is 12.1. The molecule has 0 aromatic heterocycles. The topological polar surface area (TPSA) is 64.6 Å². The van der Waals surface area contributed by atoms with E-state index in [9.17, 15) is 9.59 Å². The van der Waals surface area contributed by atoms with E-state index in [0.717, 1.165) is 10.0 Å². The van der Waals surface area contributed by atoms with Crippen molar-refractivity contribution in [2.75, 3.05) is 18.5 Å². The van der Waals surface area contributed by atoms with E-state index in [2.05, 4.69) is 21.2 Å². The number of benzene rings is 2. The van der Waals surface area contributed by atoms with Gasteiger partial charge in [0.25, 0.3) is 0 Å². The molecular weight excluding hydrogens is 398 g/mol. The molecule has 0 saturated carbocycles. The molecule has 0 fully saturated rings. The van der Waals surface area contributed by atoms with Gasteiger partial charge in [0, 0.05) is 21.8 Å². The number of rotatable bonds is 7. The largest absolute Gasteiger partial charge is 0.493 e. The minimum absolute atomic E-state index is 0.281. The highest BCUT2D eigenvalue weighted by molar-refractivity contribution is 9.10. The highest BCUT2D eigenvalue weighted by Crippen LogP contribution is 2.24. The second kappa shape index (κ2) is 9.77. The predicted octanol–water partition coefficient (Wildman–Crippen LogP) is 4.68. The molecule has 6 heteroatoms. The maximum Gasteiger partial charge on any atom is 0.338 e. The fraction of sp³-hybridized carbons (Fsp3) is 0.200. The first-order valence-electron chi connectivity index (χ1n) is 8.22. The summed E-state index contributed by atoms with van der Waals surface area (Å²) in [6, 6.07) is 12.1. The van der Waals surface area contributed by atoms with E-state index >= 15 is 0 Å². The van der Waals surface area contributed by atoms with Crippen LogP contribution < -0.4 is 10.1 Å². The lowest BCUT2D eigenvalue weighted by molar-refractivity contribution is -0.111. The Morgan fingerprint density at radius 1 is 1.08 bits per heavy atom. The van der Waals surface area contributed by atoms with Gasteiger partial charge in [-0.25, -0.2) is 4.79 Å². The quantitative estimate of drug-likeness (QED) is 0.524. The van der Waals surface area contributed by atoms with Gasteiger partial charge in [-0.1, -0.05) is 15.9 Å². The summed E-state index contributed by atoms with van der Waals surface area (Å²) < 4.78 is 11.4. The molecule has 5 nitrogen and oxygen atoms in total. The molecule has 0 saturated heterocycles. The second-order valence-electron chi connectivity index (χ2n) is 5.24. The Morgan fingerprint density at radius 3 is 2.46 bits per heavy atom. The predicted molar refractivity (Wildman–Crippen MR) is 105 cm³/mol. The Hall–Kier alpha value is -2.60. The number of carbonyl (C=O) groups excluding carboxylic acids is 2. The van der Waals surface area contributed by atoms with E-state index < -0.39 is 0 Å². The minimum atomic E-state index is -0.386. The molecule has 26 heavy (non-hydrogen) atoms. The zero-order valence-electron chi connectivity index (χ0n) is 14.6. The molecule has 1 N–H and O–H groups in total. The smallest absolute Gasteiger partial charge is 0.338 e. The monoisotopic (exact) mass is 417 g/mol. The van der Waals surface area contributed by atoms with Gasteiger partial charge in [0.2, 0.25) is 5.91 Å². The molecule has 0 aliphatic carbocycles. The van der Waals surface area contributed by atoms with E-state index in [0.29, 0.717) is 30.2 Å². The SMILES string of the molecule is CCOC(=O)c1ccc(NC(=O)C=Cc2cc(Br)ccc2OCC)cc1. The Bertz CT molecular complexity index is 800. The third-order valence-corrected chi connectivity index (χ3v) is 3.84. The maximum atomic E-state index is 12.1. The van der Waals surface area contributed by atoms with Crippen LogP contribution in [0.25, 0.3) is 6.08 Å². The lowest BCUT2D eigenvalue weighted by Crippen LogP contribution is -2.09. The molecule has 2 aromatic rings. The zero-order valence-corrected chi connectivity index (χ0v) is 16.2. The van der Waals surface area contributed by atoms with Gasteiger partial charge in [0.15, 0.2) is 0 Å².